The fourth-order valence-electron chi connectivity index (χ4n) is 3.38. The number of unbranched alkanes of at least 4 members (excludes halogenated alkanes) is 13. The molecule has 0 heterocycles. The molecule has 3 N–H and O–H groups in total. The lowest BCUT2D eigenvalue weighted by atomic mass is 10.1. The van der Waals surface area contributed by atoms with E-state index in [0.29, 0.717) is 13.0 Å². The van der Waals surface area contributed by atoms with Crippen LogP contribution in [0.1, 0.15) is 116 Å². The molecule has 0 fully saturated rings. The van der Waals surface area contributed by atoms with Gasteiger partial charge in [0.1, 0.15) is 0 Å². The molecule has 0 aliphatic carbocycles. The molecule has 0 aliphatic rings. The summed E-state index contributed by atoms with van der Waals surface area (Å²) < 4.78 is 0. The van der Waals surface area contributed by atoms with Gasteiger partial charge in [-0.05, 0) is 45.2 Å². The normalized spacial score (nSPS) is 10.9. The summed E-state index contributed by atoms with van der Waals surface area (Å²) in [6, 6.07) is 0. The lowest BCUT2D eigenvalue weighted by molar-refractivity contribution is -0.121. The molecule has 0 spiro atoms. The highest BCUT2D eigenvalue weighted by Gasteiger charge is 2.00. The van der Waals surface area contributed by atoms with E-state index in [4.69, 9.17) is 5.53 Å². The first-order valence-electron chi connectivity index (χ1n) is 12.1. The minimum atomic E-state index is 0.226. The molecule has 0 radical (unpaired) electrons. The van der Waals surface area contributed by atoms with Crippen LogP contribution in [0.3, 0.4) is 0 Å². The number of carbonyl (C=O) groups excluding carboxylic acids is 1. The van der Waals surface area contributed by atoms with Crippen molar-refractivity contribution in [1.82, 2.24) is 10.6 Å². The van der Waals surface area contributed by atoms with Crippen LogP contribution in [0, 0.1) is 5.53 Å². The van der Waals surface area contributed by atoms with E-state index in [0.717, 1.165) is 64.6 Å². The minimum Gasteiger partial charge on any atom is -0.356 e. The Morgan fingerprint density at radius 1 is 0.679 bits per heavy atom. The first-order chi connectivity index (χ1) is 13.8. The largest absolute Gasteiger partial charge is 0.356 e. The average molecular weight is 397 g/mol. The van der Waals surface area contributed by atoms with Gasteiger partial charge in [0.15, 0.2) is 0 Å². The van der Waals surface area contributed by atoms with Crippen LogP contribution < -0.4 is 10.6 Å². The number of hydrogen-bond donors (Lipinski definition) is 3. The van der Waals surface area contributed by atoms with Crippen molar-refractivity contribution in [3.05, 3.63) is 0 Å². The maximum Gasteiger partial charge on any atom is 0.219 e. The molecular formula is C23H48N4O. The third-order valence-electron chi connectivity index (χ3n) is 5.23. The molecule has 0 aromatic rings. The summed E-state index contributed by atoms with van der Waals surface area (Å²) in [5.74, 6) is 0.226. The zero-order valence-corrected chi connectivity index (χ0v) is 18.7. The quantitative estimate of drug-likeness (QED) is 0.138. The molecule has 0 saturated heterocycles. The summed E-state index contributed by atoms with van der Waals surface area (Å²) in [4.78, 5) is 11.8. The van der Waals surface area contributed by atoms with Gasteiger partial charge in [0.25, 0.3) is 0 Å². The van der Waals surface area contributed by atoms with E-state index in [1.807, 2.05) is 0 Å². The fourth-order valence-corrected chi connectivity index (χ4v) is 3.38. The van der Waals surface area contributed by atoms with E-state index in [-0.39, 0.29) is 5.91 Å². The van der Waals surface area contributed by atoms with Crippen LogP contribution in [0.15, 0.2) is 5.11 Å². The molecule has 0 unspecified atom stereocenters. The summed E-state index contributed by atoms with van der Waals surface area (Å²) in [5, 5.41) is 9.88. The molecule has 1 amide bonds. The van der Waals surface area contributed by atoms with Gasteiger partial charge in [-0.3, -0.25) is 4.79 Å². The molecule has 28 heavy (non-hydrogen) atoms. The van der Waals surface area contributed by atoms with Crippen molar-refractivity contribution in [2.45, 2.75) is 116 Å². The predicted octanol–water partition coefficient (Wildman–Crippen LogP) is 6.37. The lowest BCUT2D eigenvalue weighted by Gasteiger charge is -2.06. The Hall–Kier alpha value is -0.970. The molecule has 5 heteroatoms. The number of carbonyl (C=O) groups is 1. The second-order valence-corrected chi connectivity index (χ2v) is 8.03. The van der Waals surface area contributed by atoms with Gasteiger partial charge in [-0.2, -0.15) is 5.11 Å². The summed E-state index contributed by atoms with van der Waals surface area (Å²) in [5.41, 5.74) is 6.72. The van der Waals surface area contributed by atoms with Crippen molar-refractivity contribution < 1.29 is 4.79 Å². The molecule has 166 valence electrons. The van der Waals surface area contributed by atoms with Gasteiger partial charge in [-0.1, -0.05) is 77.6 Å². The molecule has 0 rings (SSSR count). The van der Waals surface area contributed by atoms with Crippen LogP contribution in [0.2, 0.25) is 0 Å². The molecule has 0 atom stereocenters. The van der Waals surface area contributed by atoms with Crippen molar-refractivity contribution in [2.24, 2.45) is 5.11 Å². The maximum atomic E-state index is 11.8. The first-order valence-corrected chi connectivity index (χ1v) is 12.1. The number of hydrogen-bond acceptors (Lipinski definition) is 4. The Bertz CT molecular complexity index is 337. The van der Waals surface area contributed by atoms with E-state index in [2.05, 4.69) is 22.7 Å². The second-order valence-electron chi connectivity index (χ2n) is 8.03. The molecule has 0 aromatic carbocycles. The first kappa shape index (κ1) is 27.0. The van der Waals surface area contributed by atoms with E-state index in [1.165, 1.54) is 57.8 Å². The zero-order chi connectivity index (χ0) is 20.5. The van der Waals surface area contributed by atoms with Gasteiger partial charge >= 0.3 is 0 Å². The molecule has 0 aromatic heterocycles. The van der Waals surface area contributed by atoms with E-state index in [1.54, 1.807) is 0 Å². The number of rotatable bonds is 23. The molecule has 0 aliphatic heterocycles. The molecule has 5 nitrogen and oxygen atoms in total. The number of nitrogens with one attached hydrogen (secondary N) is 3. The van der Waals surface area contributed by atoms with E-state index >= 15 is 0 Å². The van der Waals surface area contributed by atoms with Crippen molar-refractivity contribution in [1.29, 1.82) is 5.53 Å². The third kappa shape index (κ3) is 23.1. The summed E-state index contributed by atoms with van der Waals surface area (Å²) >= 11 is 0. The van der Waals surface area contributed by atoms with Crippen LogP contribution in [-0.4, -0.2) is 32.1 Å². The standard InChI is InChI=1S/C23H48N4O/c1-2-3-4-5-6-7-8-9-10-16-21-26-23(28)18-13-11-14-19-25-20-15-12-17-22-27-24/h24-25H,2-22H2,1H3,(H,26,28). The molecule has 0 saturated carbocycles. The van der Waals surface area contributed by atoms with Crippen LogP contribution in [-0.2, 0) is 4.79 Å². The van der Waals surface area contributed by atoms with Crippen molar-refractivity contribution in [3.8, 4) is 0 Å². The predicted molar refractivity (Wildman–Crippen MR) is 120 cm³/mol. The molecular weight excluding hydrogens is 348 g/mol. The van der Waals surface area contributed by atoms with Crippen LogP contribution in [0.25, 0.3) is 0 Å². The van der Waals surface area contributed by atoms with Gasteiger partial charge in [-0.15, -0.1) is 0 Å². The maximum absolute atomic E-state index is 11.8. The Kier molecular flexibility index (Phi) is 23.2. The highest BCUT2D eigenvalue weighted by Crippen LogP contribution is 2.10. The summed E-state index contributed by atoms with van der Waals surface area (Å²) in [6.45, 7) is 5.88. The van der Waals surface area contributed by atoms with Crippen molar-refractivity contribution >= 4 is 5.91 Å². The fraction of sp³-hybridized carbons (Fsp3) is 0.957. The van der Waals surface area contributed by atoms with E-state index < -0.39 is 0 Å². The highest BCUT2D eigenvalue weighted by atomic mass is 16.1. The second kappa shape index (κ2) is 24.1. The topological polar surface area (TPSA) is 77.3 Å². The SMILES string of the molecule is CCCCCCCCCCCCNC(=O)CCCCCNCCCCCN=N. The number of nitrogens with zero attached hydrogens (tertiary/aromatic N) is 1. The van der Waals surface area contributed by atoms with Gasteiger partial charge in [0, 0.05) is 13.0 Å². The Balaban J connectivity index is 3.14. The summed E-state index contributed by atoms with van der Waals surface area (Å²) in [6.07, 6.45) is 20.6. The smallest absolute Gasteiger partial charge is 0.219 e. The van der Waals surface area contributed by atoms with Gasteiger partial charge < -0.3 is 10.6 Å². The van der Waals surface area contributed by atoms with Gasteiger partial charge in [0.05, 0.1) is 6.54 Å². The third-order valence-corrected chi connectivity index (χ3v) is 5.23. The van der Waals surface area contributed by atoms with E-state index in [9.17, 15) is 4.79 Å². The lowest BCUT2D eigenvalue weighted by Crippen LogP contribution is -2.24. The zero-order valence-electron chi connectivity index (χ0n) is 18.7. The highest BCUT2D eigenvalue weighted by molar-refractivity contribution is 5.75. The Morgan fingerprint density at radius 2 is 1.18 bits per heavy atom. The van der Waals surface area contributed by atoms with Crippen LogP contribution >= 0.6 is 0 Å². The van der Waals surface area contributed by atoms with Crippen LogP contribution in [0.5, 0.6) is 0 Å². The average Bonchev–Trinajstić information content (AvgIpc) is 2.70. The van der Waals surface area contributed by atoms with Crippen molar-refractivity contribution in [2.75, 3.05) is 26.2 Å². The van der Waals surface area contributed by atoms with Crippen LogP contribution in [0.4, 0.5) is 0 Å². The van der Waals surface area contributed by atoms with Gasteiger partial charge in [0.2, 0.25) is 5.91 Å². The monoisotopic (exact) mass is 396 g/mol. The summed E-state index contributed by atoms with van der Waals surface area (Å²) in [7, 11) is 0. The number of amides is 1. The van der Waals surface area contributed by atoms with Crippen molar-refractivity contribution in [3.63, 3.8) is 0 Å². The Morgan fingerprint density at radius 3 is 1.79 bits per heavy atom. The minimum absolute atomic E-state index is 0.226. The Labute approximate surface area is 174 Å². The molecule has 0 bridgehead atoms. The van der Waals surface area contributed by atoms with Gasteiger partial charge in [-0.25, -0.2) is 5.53 Å².